The van der Waals surface area contributed by atoms with Crippen LogP contribution in [-0.2, 0) is 11.3 Å². The molecule has 6 heteroatoms. The summed E-state index contributed by atoms with van der Waals surface area (Å²) in [5.74, 6) is -0.413. The molecule has 0 aliphatic heterocycles. The van der Waals surface area contributed by atoms with Crippen LogP contribution in [0.5, 0.6) is 0 Å². The molecular weight excluding hydrogens is 250 g/mol. The Balaban J connectivity index is 2.07. The Labute approximate surface area is 109 Å². The van der Waals surface area contributed by atoms with E-state index in [1.165, 1.54) is 18.4 Å². The van der Waals surface area contributed by atoms with Gasteiger partial charge in [-0.1, -0.05) is 6.07 Å². The number of aromatic nitrogens is 2. The van der Waals surface area contributed by atoms with Crippen molar-refractivity contribution in [2.24, 2.45) is 0 Å². The molecular formula is C12H13N3O2S. The van der Waals surface area contributed by atoms with Gasteiger partial charge in [0, 0.05) is 18.6 Å². The number of carbonyl (C=O) groups is 1. The quantitative estimate of drug-likeness (QED) is 0.789. The minimum atomic E-state index is -0.413. The molecule has 0 fully saturated rings. The van der Waals surface area contributed by atoms with Crippen LogP contribution in [0.4, 0.5) is 5.13 Å². The molecule has 0 spiro atoms. The van der Waals surface area contributed by atoms with E-state index in [0.29, 0.717) is 12.2 Å². The number of nitrogens with zero attached hydrogens (tertiary/aromatic N) is 3. The first-order valence-electron chi connectivity index (χ1n) is 5.35. The van der Waals surface area contributed by atoms with Crippen molar-refractivity contribution < 1.29 is 9.53 Å². The molecule has 0 saturated carbocycles. The van der Waals surface area contributed by atoms with Crippen molar-refractivity contribution in [1.29, 1.82) is 0 Å². The van der Waals surface area contributed by atoms with Crippen LogP contribution in [0.25, 0.3) is 0 Å². The third-order valence-electron chi connectivity index (χ3n) is 2.34. The van der Waals surface area contributed by atoms with E-state index in [1.54, 1.807) is 11.6 Å². The van der Waals surface area contributed by atoms with E-state index in [-0.39, 0.29) is 0 Å². The lowest BCUT2D eigenvalue weighted by atomic mass is 10.3. The molecule has 94 valence electrons. The van der Waals surface area contributed by atoms with Crippen molar-refractivity contribution in [2.75, 3.05) is 19.1 Å². The molecule has 2 aromatic heterocycles. The lowest BCUT2D eigenvalue weighted by Gasteiger charge is -2.14. The molecule has 0 unspecified atom stereocenters. The molecule has 0 atom stereocenters. The fraction of sp³-hybridized carbons (Fsp3) is 0.250. The number of hydrogen-bond acceptors (Lipinski definition) is 6. The summed E-state index contributed by atoms with van der Waals surface area (Å²) in [6.45, 7) is 0.648. The van der Waals surface area contributed by atoms with Crippen LogP contribution in [-0.4, -0.2) is 30.1 Å². The molecule has 0 aliphatic carbocycles. The van der Waals surface area contributed by atoms with Gasteiger partial charge in [0.25, 0.3) is 0 Å². The molecule has 0 saturated heterocycles. The smallest absolute Gasteiger partial charge is 0.357 e. The highest BCUT2D eigenvalue weighted by Crippen LogP contribution is 2.20. The third-order valence-corrected chi connectivity index (χ3v) is 3.29. The summed E-state index contributed by atoms with van der Waals surface area (Å²) in [6, 6.07) is 5.77. The fourth-order valence-corrected chi connectivity index (χ4v) is 2.20. The first-order chi connectivity index (χ1) is 8.70. The summed E-state index contributed by atoms with van der Waals surface area (Å²) >= 11 is 1.41. The second-order valence-electron chi connectivity index (χ2n) is 3.68. The minimum absolute atomic E-state index is 0.338. The summed E-state index contributed by atoms with van der Waals surface area (Å²) in [4.78, 5) is 21.7. The monoisotopic (exact) mass is 263 g/mol. The van der Waals surface area contributed by atoms with Gasteiger partial charge in [-0.25, -0.2) is 9.78 Å². The maximum atomic E-state index is 11.3. The van der Waals surface area contributed by atoms with Crippen LogP contribution < -0.4 is 4.90 Å². The number of methoxy groups -OCH3 is 1. The van der Waals surface area contributed by atoms with Crippen molar-refractivity contribution in [3.63, 3.8) is 0 Å². The lowest BCUT2D eigenvalue weighted by molar-refractivity contribution is 0.0595. The van der Waals surface area contributed by atoms with Gasteiger partial charge in [0.2, 0.25) is 0 Å². The molecule has 0 aromatic carbocycles. The summed E-state index contributed by atoms with van der Waals surface area (Å²) in [5, 5.41) is 2.46. The zero-order valence-corrected chi connectivity index (χ0v) is 11.0. The number of carbonyl (C=O) groups excluding carboxylic acids is 1. The van der Waals surface area contributed by atoms with Gasteiger partial charge in [0.1, 0.15) is 0 Å². The summed E-state index contributed by atoms with van der Waals surface area (Å²) in [7, 11) is 3.26. The highest BCUT2D eigenvalue weighted by atomic mass is 32.1. The SMILES string of the molecule is COC(=O)c1csc(N(C)Cc2ccccn2)n1. The molecule has 2 heterocycles. The molecule has 5 nitrogen and oxygen atoms in total. The second-order valence-corrected chi connectivity index (χ2v) is 4.52. The van der Waals surface area contributed by atoms with Crippen LogP contribution in [0.1, 0.15) is 16.2 Å². The molecule has 0 bridgehead atoms. The Hall–Kier alpha value is -1.95. The average molecular weight is 263 g/mol. The standard InChI is InChI=1S/C12H13N3O2S/c1-15(7-9-5-3-4-6-13-9)12-14-10(8-18-12)11(16)17-2/h3-6,8H,7H2,1-2H3. The molecule has 0 amide bonds. The summed E-state index contributed by atoms with van der Waals surface area (Å²) < 4.78 is 4.62. The number of thiazole rings is 1. The first-order valence-corrected chi connectivity index (χ1v) is 6.23. The van der Waals surface area contributed by atoms with Crippen LogP contribution in [0, 0.1) is 0 Å². The number of pyridine rings is 1. The topological polar surface area (TPSA) is 55.3 Å². The highest BCUT2D eigenvalue weighted by molar-refractivity contribution is 7.13. The number of anilines is 1. The molecule has 0 N–H and O–H groups in total. The Morgan fingerprint density at radius 3 is 3.00 bits per heavy atom. The largest absolute Gasteiger partial charge is 0.464 e. The molecule has 0 radical (unpaired) electrons. The van der Waals surface area contributed by atoms with Gasteiger partial charge in [0.05, 0.1) is 19.3 Å². The summed E-state index contributed by atoms with van der Waals surface area (Å²) in [6.07, 6.45) is 1.75. The predicted octanol–water partition coefficient (Wildman–Crippen LogP) is 1.96. The zero-order chi connectivity index (χ0) is 13.0. The Morgan fingerprint density at radius 1 is 1.50 bits per heavy atom. The number of rotatable bonds is 4. The average Bonchev–Trinajstić information content (AvgIpc) is 2.88. The zero-order valence-electron chi connectivity index (χ0n) is 10.2. The van der Waals surface area contributed by atoms with Gasteiger partial charge in [-0.05, 0) is 12.1 Å². The normalized spacial score (nSPS) is 10.1. The minimum Gasteiger partial charge on any atom is -0.464 e. The highest BCUT2D eigenvalue weighted by Gasteiger charge is 2.13. The van der Waals surface area contributed by atoms with Gasteiger partial charge >= 0.3 is 5.97 Å². The van der Waals surface area contributed by atoms with Crippen molar-refractivity contribution in [1.82, 2.24) is 9.97 Å². The van der Waals surface area contributed by atoms with Crippen molar-refractivity contribution in [2.45, 2.75) is 6.54 Å². The van der Waals surface area contributed by atoms with Crippen LogP contribution >= 0.6 is 11.3 Å². The van der Waals surface area contributed by atoms with Crippen molar-refractivity contribution in [3.8, 4) is 0 Å². The van der Waals surface area contributed by atoms with E-state index in [4.69, 9.17) is 0 Å². The second kappa shape index (κ2) is 5.59. The van der Waals surface area contributed by atoms with E-state index >= 15 is 0 Å². The molecule has 2 aromatic rings. The number of hydrogen-bond donors (Lipinski definition) is 0. The van der Waals surface area contributed by atoms with Gasteiger partial charge in [0.15, 0.2) is 10.8 Å². The molecule has 0 aliphatic rings. The number of ether oxygens (including phenoxy) is 1. The van der Waals surface area contributed by atoms with E-state index < -0.39 is 5.97 Å². The fourth-order valence-electron chi connectivity index (χ4n) is 1.44. The van der Waals surface area contributed by atoms with Crippen molar-refractivity contribution >= 4 is 22.4 Å². The van der Waals surface area contributed by atoms with E-state index in [1.807, 2.05) is 30.1 Å². The number of esters is 1. The van der Waals surface area contributed by atoms with Gasteiger partial charge in [-0.2, -0.15) is 0 Å². The summed E-state index contributed by atoms with van der Waals surface area (Å²) in [5.41, 5.74) is 1.29. The predicted molar refractivity (Wildman–Crippen MR) is 69.8 cm³/mol. The Bertz CT molecular complexity index is 527. The van der Waals surface area contributed by atoms with Crippen LogP contribution in [0.2, 0.25) is 0 Å². The Kier molecular flexibility index (Phi) is 3.88. The van der Waals surface area contributed by atoms with Crippen LogP contribution in [0.3, 0.4) is 0 Å². The maximum absolute atomic E-state index is 11.3. The van der Waals surface area contributed by atoms with Gasteiger partial charge in [-0.3, -0.25) is 4.98 Å². The molecule has 18 heavy (non-hydrogen) atoms. The maximum Gasteiger partial charge on any atom is 0.357 e. The van der Waals surface area contributed by atoms with E-state index in [9.17, 15) is 4.79 Å². The van der Waals surface area contributed by atoms with Gasteiger partial charge < -0.3 is 9.64 Å². The van der Waals surface area contributed by atoms with Crippen LogP contribution in [0.15, 0.2) is 29.8 Å². The van der Waals surface area contributed by atoms with E-state index in [0.717, 1.165) is 10.8 Å². The lowest BCUT2D eigenvalue weighted by Crippen LogP contribution is -2.17. The molecule has 2 rings (SSSR count). The van der Waals surface area contributed by atoms with E-state index in [2.05, 4.69) is 14.7 Å². The Morgan fingerprint density at radius 2 is 2.33 bits per heavy atom. The van der Waals surface area contributed by atoms with Gasteiger partial charge in [-0.15, -0.1) is 11.3 Å². The third kappa shape index (κ3) is 2.84. The first kappa shape index (κ1) is 12.5. The van der Waals surface area contributed by atoms with Crippen molar-refractivity contribution in [3.05, 3.63) is 41.2 Å².